The summed E-state index contributed by atoms with van der Waals surface area (Å²) < 4.78 is 0. The van der Waals surface area contributed by atoms with Crippen molar-refractivity contribution in [2.75, 3.05) is 26.2 Å². The van der Waals surface area contributed by atoms with Crippen molar-refractivity contribution in [3.8, 4) is 0 Å². The van der Waals surface area contributed by atoms with Crippen LogP contribution in [-0.4, -0.2) is 26.2 Å². The van der Waals surface area contributed by atoms with Crippen molar-refractivity contribution in [1.82, 2.24) is 0 Å². The molecule has 102 valence electrons. The molecule has 0 aromatic rings. The van der Waals surface area contributed by atoms with Gasteiger partial charge < -0.3 is 10.6 Å². The fourth-order valence-corrected chi connectivity index (χ4v) is 1.47. The average Bonchev–Trinajstić information content (AvgIpc) is 2.34. The molecule has 0 bridgehead atoms. The number of nitrogens with zero attached hydrogens (tertiary/aromatic N) is 2. The molecule has 0 spiro atoms. The molecule has 0 N–H and O–H groups in total. The Morgan fingerprint density at radius 3 is 0.875 bits per heavy atom. The third kappa shape index (κ3) is 17.8. The molecule has 0 atom stereocenters. The Kier molecular flexibility index (Phi) is 15.8. The number of hydrogen-bond donors (Lipinski definition) is 0. The van der Waals surface area contributed by atoms with Gasteiger partial charge in [-0.25, -0.2) is 0 Å². The van der Waals surface area contributed by atoms with Gasteiger partial charge in [0.1, 0.15) is 0 Å². The molecule has 0 aliphatic carbocycles. The van der Waals surface area contributed by atoms with Gasteiger partial charge in [0.15, 0.2) is 0 Å². The van der Waals surface area contributed by atoms with Gasteiger partial charge in [-0.3, -0.25) is 0 Å². The Bertz CT molecular complexity index is 93.5. The monoisotopic (exact) mass is 376 g/mol. The van der Waals surface area contributed by atoms with Crippen LogP contribution < -0.4 is 0 Å². The molecule has 2 fully saturated rings. The molecule has 0 amide bonds. The Hall–Kier alpha value is 1.41. The first kappa shape index (κ1) is 17.4. The summed E-state index contributed by atoms with van der Waals surface area (Å²) in [7, 11) is 14.8. The molecule has 2 saturated heterocycles. The van der Waals surface area contributed by atoms with E-state index in [2.05, 4.69) is 10.6 Å². The summed E-state index contributed by atoms with van der Waals surface area (Å²) >= 11 is -1.66. The SMILES string of the molecule is C1CC[N-]CC1.C1CC[N-]CC1.[Cl][Rh]([Cl])[Cl]. The second kappa shape index (κ2) is 14.5. The van der Waals surface area contributed by atoms with E-state index in [4.69, 9.17) is 29.1 Å². The number of hydrogen-bond acceptors (Lipinski definition) is 0. The number of halogens is 3. The minimum atomic E-state index is -1.66. The molecule has 0 unspecified atom stereocenters. The summed E-state index contributed by atoms with van der Waals surface area (Å²) in [5.41, 5.74) is 0. The van der Waals surface area contributed by atoms with Crippen molar-refractivity contribution < 1.29 is 13.0 Å². The number of piperidine rings is 2. The van der Waals surface area contributed by atoms with Crippen LogP contribution in [0.15, 0.2) is 0 Å². The molecular formula is C10H20Cl3N2Rh-2. The molecule has 0 aromatic carbocycles. The zero-order valence-corrected chi connectivity index (χ0v) is 13.3. The molecule has 2 nitrogen and oxygen atoms in total. The molecule has 16 heavy (non-hydrogen) atoms. The Labute approximate surface area is 117 Å². The van der Waals surface area contributed by atoms with Gasteiger partial charge in [0.25, 0.3) is 0 Å². The molecule has 2 heterocycles. The molecule has 2 aliphatic heterocycles. The Morgan fingerprint density at radius 1 is 0.562 bits per heavy atom. The fraction of sp³-hybridized carbons (Fsp3) is 1.00. The predicted octanol–water partition coefficient (Wildman–Crippen LogP) is 5.15. The van der Waals surface area contributed by atoms with Crippen LogP contribution in [-0.2, 0) is 13.0 Å². The van der Waals surface area contributed by atoms with E-state index in [1.807, 2.05) is 0 Å². The van der Waals surface area contributed by atoms with Crippen molar-refractivity contribution in [2.45, 2.75) is 38.5 Å². The maximum absolute atomic E-state index is 4.94. The second-order valence-electron chi connectivity index (χ2n) is 3.61. The van der Waals surface area contributed by atoms with E-state index in [-0.39, 0.29) is 0 Å². The van der Waals surface area contributed by atoms with Crippen LogP contribution in [0.3, 0.4) is 0 Å². The summed E-state index contributed by atoms with van der Waals surface area (Å²) in [5.74, 6) is 0. The van der Waals surface area contributed by atoms with Crippen molar-refractivity contribution >= 4 is 29.1 Å². The van der Waals surface area contributed by atoms with Crippen LogP contribution >= 0.6 is 29.1 Å². The summed E-state index contributed by atoms with van der Waals surface area (Å²) in [5, 5.41) is 8.35. The Morgan fingerprint density at radius 2 is 0.812 bits per heavy atom. The summed E-state index contributed by atoms with van der Waals surface area (Å²) in [6.45, 7) is 4.50. The zero-order chi connectivity index (χ0) is 12.1. The van der Waals surface area contributed by atoms with E-state index in [1.54, 1.807) is 0 Å². The van der Waals surface area contributed by atoms with Gasteiger partial charge in [-0.1, -0.05) is 38.5 Å². The van der Waals surface area contributed by atoms with E-state index < -0.39 is 13.0 Å². The van der Waals surface area contributed by atoms with Crippen LogP contribution in [0.5, 0.6) is 0 Å². The van der Waals surface area contributed by atoms with Gasteiger partial charge in [-0.05, 0) is 0 Å². The fourth-order valence-electron chi connectivity index (χ4n) is 1.47. The molecular weight excluding hydrogens is 357 g/mol. The summed E-state index contributed by atoms with van der Waals surface area (Å²) in [6, 6.07) is 0. The first-order valence-electron chi connectivity index (χ1n) is 5.64. The standard InChI is InChI=1S/2C5H10N.3ClH.Rh/c2*1-2-4-6-5-3-1;;;;/h2*1-5H2;3*1H;/q2*-1;;;;+3/p-3. The van der Waals surface area contributed by atoms with Gasteiger partial charge >= 0.3 is 42.1 Å². The molecule has 0 radical (unpaired) electrons. The maximum atomic E-state index is 4.94. The molecule has 2 aliphatic rings. The summed E-state index contributed by atoms with van der Waals surface area (Å²) in [6.07, 6.45) is 8.15. The first-order chi connectivity index (χ1) is 7.73. The molecule has 6 heteroatoms. The van der Waals surface area contributed by atoms with Crippen LogP contribution in [0, 0.1) is 0 Å². The minimum absolute atomic E-state index is 1.12. The quantitative estimate of drug-likeness (QED) is 0.522. The number of rotatable bonds is 0. The topological polar surface area (TPSA) is 28.2 Å². The van der Waals surface area contributed by atoms with Gasteiger partial charge in [-0.2, -0.15) is 0 Å². The normalized spacial score (nSPS) is 20.8. The van der Waals surface area contributed by atoms with Crippen LogP contribution in [0.1, 0.15) is 38.5 Å². The molecule has 2 rings (SSSR count). The Balaban J connectivity index is 0.000000217. The van der Waals surface area contributed by atoms with Crippen molar-refractivity contribution in [1.29, 1.82) is 0 Å². The molecule has 0 saturated carbocycles. The van der Waals surface area contributed by atoms with Crippen LogP contribution in [0.25, 0.3) is 10.6 Å². The average molecular weight is 378 g/mol. The van der Waals surface area contributed by atoms with Crippen LogP contribution in [0.4, 0.5) is 0 Å². The van der Waals surface area contributed by atoms with Gasteiger partial charge in [-0.15, -0.1) is 26.2 Å². The molecule has 0 aromatic heterocycles. The van der Waals surface area contributed by atoms with E-state index in [9.17, 15) is 0 Å². The van der Waals surface area contributed by atoms with Gasteiger partial charge in [0.2, 0.25) is 0 Å². The predicted molar refractivity (Wildman–Crippen MR) is 71.4 cm³/mol. The third-order valence-corrected chi connectivity index (χ3v) is 2.26. The zero-order valence-electron chi connectivity index (χ0n) is 9.43. The van der Waals surface area contributed by atoms with Gasteiger partial charge in [0, 0.05) is 0 Å². The van der Waals surface area contributed by atoms with E-state index in [1.165, 1.54) is 38.5 Å². The van der Waals surface area contributed by atoms with Crippen molar-refractivity contribution in [3.63, 3.8) is 0 Å². The van der Waals surface area contributed by atoms with E-state index in [0.717, 1.165) is 26.2 Å². The first-order valence-corrected chi connectivity index (χ1v) is 12.0. The second-order valence-corrected chi connectivity index (χ2v) is 11.1. The summed E-state index contributed by atoms with van der Waals surface area (Å²) in [4.78, 5) is 0. The van der Waals surface area contributed by atoms with Gasteiger partial charge in [0.05, 0.1) is 0 Å². The van der Waals surface area contributed by atoms with Crippen molar-refractivity contribution in [3.05, 3.63) is 10.6 Å². The van der Waals surface area contributed by atoms with E-state index >= 15 is 0 Å². The van der Waals surface area contributed by atoms with Crippen molar-refractivity contribution in [2.24, 2.45) is 0 Å². The third-order valence-electron chi connectivity index (χ3n) is 2.26. The van der Waals surface area contributed by atoms with E-state index in [0.29, 0.717) is 0 Å². The van der Waals surface area contributed by atoms with Crippen LogP contribution in [0.2, 0.25) is 0 Å².